The SMILES string of the molecule is O=C(O)CP1C2CCCC1CCC2. The standard InChI is InChI=1S/C10H17O2P/c11-10(12)7-13-8-3-1-4-9(13)6-2-5-8/h8-9H,1-7H2,(H,11,12). The summed E-state index contributed by atoms with van der Waals surface area (Å²) in [5.74, 6) is -0.565. The minimum atomic E-state index is -0.565. The Kier molecular flexibility index (Phi) is 2.88. The van der Waals surface area contributed by atoms with Crippen molar-refractivity contribution in [1.82, 2.24) is 0 Å². The first-order chi connectivity index (χ1) is 6.27. The molecule has 0 aromatic rings. The number of rotatable bonds is 2. The Morgan fingerprint density at radius 3 is 2.00 bits per heavy atom. The fourth-order valence-electron chi connectivity index (χ4n) is 2.84. The molecule has 0 aromatic heterocycles. The minimum absolute atomic E-state index is 0.149. The Balaban J connectivity index is 2.02. The molecular weight excluding hydrogens is 183 g/mol. The Morgan fingerprint density at radius 2 is 1.62 bits per heavy atom. The van der Waals surface area contributed by atoms with Crippen molar-refractivity contribution in [2.24, 2.45) is 0 Å². The van der Waals surface area contributed by atoms with E-state index in [2.05, 4.69) is 0 Å². The molecule has 0 radical (unpaired) electrons. The highest BCUT2D eigenvalue weighted by atomic mass is 31.1. The summed E-state index contributed by atoms with van der Waals surface area (Å²) >= 11 is 0. The van der Waals surface area contributed by atoms with Gasteiger partial charge in [-0.3, -0.25) is 4.79 Å². The second-order valence-electron chi connectivity index (χ2n) is 4.24. The lowest BCUT2D eigenvalue weighted by Crippen LogP contribution is -2.29. The highest BCUT2D eigenvalue weighted by Gasteiger charge is 2.36. The largest absolute Gasteiger partial charge is 0.481 e. The van der Waals surface area contributed by atoms with E-state index < -0.39 is 5.97 Å². The van der Waals surface area contributed by atoms with E-state index in [0.29, 0.717) is 6.16 Å². The summed E-state index contributed by atoms with van der Waals surface area (Å²) in [4.78, 5) is 10.7. The molecule has 0 unspecified atom stereocenters. The van der Waals surface area contributed by atoms with E-state index in [4.69, 9.17) is 5.11 Å². The molecule has 0 amide bonds. The summed E-state index contributed by atoms with van der Waals surface area (Å²) in [5.41, 5.74) is 1.61. The molecule has 2 fully saturated rings. The lowest BCUT2D eigenvalue weighted by Gasteiger charge is -2.42. The van der Waals surface area contributed by atoms with Gasteiger partial charge in [0.2, 0.25) is 0 Å². The third kappa shape index (κ3) is 2.04. The molecule has 1 N–H and O–H groups in total. The molecule has 2 nitrogen and oxygen atoms in total. The Bertz CT molecular complexity index is 183. The van der Waals surface area contributed by atoms with Crippen LogP contribution >= 0.6 is 7.92 Å². The molecule has 2 saturated heterocycles. The van der Waals surface area contributed by atoms with Gasteiger partial charge in [0.25, 0.3) is 0 Å². The van der Waals surface area contributed by atoms with Gasteiger partial charge in [-0.05, 0) is 37.0 Å². The first-order valence-corrected chi connectivity index (χ1v) is 6.91. The van der Waals surface area contributed by atoms with Crippen molar-refractivity contribution in [1.29, 1.82) is 0 Å². The Labute approximate surface area is 80.5 Å². The molecule has 3 heteroatoms. The van der Waals surface area contributed by atoms with Gasteiger partial charge in [0.1, 0.15) is 0 Å². The van der Waals surface area contributed by atoms with E-state index >= 15 is 0 Å². The molecule has 0 aliphatic carbocycles. The second-order valence-corrected chi connectivity index (χ2v) is 7.04. The van der Waals surface area contributed by atoms with Crippen LogP contribution in [0.5, 0.6) is 0 Å². The number of hydrogen-bond acceptors (Lipinski definition) is 1. The molecule has 13 heavy (non-hydrogen) atoms. The Morgan fingerprint density at radius 1 is 1.15 bits per heavy atom. The average Bonchev–Trinajstić information content (AvgIpc) is 2.02. The van der Waals surface area contributed by atoms with Gasteiger partial charge < -0.3 is 5.11 Å². The van der Waals surface area contributed by atoms with E-state index in [-0.39, 0.29) is 7.92 Å². The van der Waals surface area contributed by atoms with Gasteiger partial charge in [-0.1, -0.05) is 20.8 Å². The summed E-state index contributed by atoms with van der Waals surface area (Å²) in [6, 6.07) is 0. The molecule has 0 atom stereocenters. The van der Waals surface area contributed by atoms with Crippen molar-refractivity contribution in [2.45, 2.75) is 49.8 Å². The number of carbonyl (C=O) groups is 1. The van der Waals surface area contributed by atoms with Crippen LogP contribution in [0.3, 0.4) is 0 Å². The lowest BCUT2D eigenvalue weighted by atomic mass is 9.99. The molecule has 2 bridgehead atoms. The van der Waals surface area contributed by atoms with Gasteiger partial charge >= 0.3 is 5.97 Å². The fraction of sp³-hybridized carbons (Fsp3) is 0.900. The molecule has 2 aliphatic rings. The first-order valence-electron chi connectivity index (χ1n) is 5.25. The molecule has 0 saturated carbocycles. The predicted molar refractivity (Wildman–Crippen MR) is 54.7 cm³/mol. The molecule has 0 aromatic carbocycles. The van der Waals surface area contributed by atoms with Crippen molar-refractivity contribution in [3.05, 3.63) is 0 Å². The summed E-state index contributed by atoms with van der Waals surface area (Å²) in [6.45, 7) is 0. The van der Waals surface area contributed by atoms with E-state index in [1.54, 1.807) is 0 Å². The van der Waals surface area contributed by atoms with Crippen LogP contribution in [0.1, 0.15) is 38.5 Å². The highest BCUT2D eigenvalue weighted by Crippen LogP contribution is 2.59. The topological polar surface area (TPSA) is 37.3 Å². The summed E-state index contributed by atoms with van der Waals surface area (Å²) < 4.78 is 0. The molecule has 2 heterocycles. The lowest BCUT2D eigenvalue weighted by molar-refractivity contribution is -0.134. The number of carboxylic acid groups (broad SMARTS) is 1. The zero-order valence-corrected chi connectivity index (χ0v) is 8.80. The number of hydrogen-bond donors (Lipinski definition) is 1. The van der Waals surface area contributed by atoms with Gasteiger partial charge in [-0.25, -0.2) is 0 Å². The zero-order valence-electron chi connectivity index (χ0n) is 7.91. The van der Waals surface area contributed by atoms with Crippen molar-refractivity contribution >= 4 is 13.9 Å². The normalized spacial score (nSPS) is 38.6. The number of aliphatic carboxylic acids is 1. The van der Waals surface area contributed by atoms with E-state index in [1.807, 2.05) is 0 Å². The van der Waals surface area contributed by atoms with Crippen molar-refractivity contribution in [3.8, 4) is 0 Å². The second kappa shape index (κ2) is 3.96. The van der Waals surface area contributed by atoms with Gasteiger partial charge in [0, 0.05) is 0 Å². The van der Waals surface area contributed by atoms with Crippen LogP contribution in [0.4, 0.5) is 0 Å². The Hall–Kier alpha value is -0.100. The number of fused-ring (bicyclic) bond motifs is 2. The van der Waals surface area contributed by atoms with E-state index in [9.17, 15) is 4.79 Å². The van der Waals surface area contributed by atoms with Crippen LogP contribution in [0.2, 0.25) is 0 Å². The van der Waals surface area contributed by atoms with Crippen LogP contribution in [0, 0.1) is 0 Å². The van der Waals surface area contributed by atoms with Gasteiger partial charge in [0.15, 0.2) is 0 Å². The maximum atomic E-state index is 10.7. The number of carboxylic acids is 1. The van der Waals surface area contributed by atoms with Crippen LogP contribution < -0.4 is 0 Å². The average molecular weight is 200 g/mol. The molecule has 0 spiro atoms. The summed E-state index contributed by atoms with van der Waals surface area (Å²) in [6.07, 6.45) is 8.46. The summed E-state index contributed by atoms with van der Waals surface area (Å²) in [7, 11) is -0.149. The highest BCUT2D eigenvalue weighted by molar-refractivity contribution is 7.60. The molecule has 74 valence electrons. The van der Waals surface area contributed by atoms with Gasteiger partial charge in [-0.2, -0.15) is 0 Å². The third-order valence-corrected chi connectivity index (χ3v) is 6.95. The van der Waals surface area contributed by atoms with Gasteiger partial charge in [0.05, 0.1) is 6.16 Å². The van der Waals surface area contributed by atoms with Gasteiger partial charge in [-0.15, -0.1) is 0 Å². The van der Waals surface area contributed by atoms with Crippen LogP contribution in [-0.2, 0) is 4.79 Å². The first kappa shape index (κ1) is 9.45. The molecule has 2 aliphatic heterocycles. The van der Waals surface area contributed by atoms with E-state index in [0.717, 1.165) is 11.3 Å². The van der Waals surface area contributed by atoms with Crippen molar-refractivity contribution in [2.75, 3.05) is 6.16 Å². The smallest absolute Gasteiger partial charge is 0.307 e. The van der Waals surface area contributed by atoms with E-state index in [1.165, 1.54) is 38.5 Å². The molecular formula is C10H17O2P. The van der Waals surface area contributed by atoms with Crippen molar-refractivity contribution in [3.63, 3.8) is 0 Å². The monoisotopic (exact) mass is 200 g/mol. The quantitative estimate of drug-likeness (QED) is 0.696. The fourth-order valence-corrected chi connectivity index (χ4v) is 6.32. The maximum Gasteiger partial charge on any atom is 0.307 e. The predicted octanol–water partition coefficient (Wildman–Crippen LogP) is 2.66. The van der Waals surface area contributed by atoms with Crippen LogP contribution in [0.25, 0.3) is 0 Å². The maximum absolute atomic E-state index is 10.7. The van der Waals surface area contributed by atoms with Crippen LogP contribution in [0.15, 0.2) is 0 Å². The minimum Gasteiger partial charge on any atom is -0.481 e. The molecule has 2 rings (SSSR count). The van der Waals surface area contributed by atoms with Crippen molar-refractivity contribution < 1.29 is 9.90 Å². The zero-order chi connectivity index (χ0) is 9.26. The third-order valence-electron chi connectivity index (χ3n) is 3.41. The van der Waals surface area contributed by atoms with Crippen LogP contribution in [-0.4, -0.2) is 28.6 Å². The summed E-state index contributed by atoms with van der Waals surface area (Å²) in [5, 5.41) is 8.84.